The maximum absolute atomic E-state index is 13.2. The number of aromatic nitrogens is 7. The number of alkyl halides is 3. The summed E-state index contributed by atoms with van der Waals surface area (Å²) in [5.74, 6) is 0.153. The number of aryl methyl sites for hydroxylation is 3. The van der Waals surface area contributed by atoms with E-state index in [0.717, 1.165) is 22.1 Å². The average molecular weight is 561 g/mol. The van der Waals surface area contributed by atoms with E-state index < -0.39 is 29.0 Å². The van der Waals surface area contributed by atoms with Gasteiger partial charge in [0.2, 0.25) is 5.91 Å². The van der Waals surface area contributed by atoms with Gasteiger partial charge in [0.05, 0.1) is 12.9 Å². The number of hydrogen-bond donors (Lipinski definition) is 1. The predicted molar refractivity (Wildman–Crippen MR) is 133 cm³/mol. The van der Waals surface area contributed by atoms with Crippen LogP contribution in [0.4, 0.5) is 19.0 Å². The fourth-order valence-electron chi connectivity index (χ4n) is 4.03. The number of amides is 1. The second-order valence-electron chi connectivity index (χ2n) is 8.68. The molecule has 0 bridgehead atoms. The molecule has 1 N–H and O–H groups in total. The Morgan fingerprint density at radius 3 is 2.62 bits per heavy atom. The number of nitrogens with one attached hydrogen (secondary N) is 1. The highest BCUT2D eigenvalue weighted by Crippen LogP contribution is 2.33. The van der Waals surface area contributed by atoms with Gasteiger partial charge < -0.3 is 14.4 Å². The van der Waals surface area contributed by atoms with Crippen LogP contribution in [0.5, 0.6) is 0 Å². The summed E-state index contributed by atoms with van der Waals surface area (Å²) in [7, 11) is 1.46. The summed E-state index contributed by atoms with van der Waals surface area (Å²) in [6.45, 7) is 2.54. The Morgan fingerprint density at radius 2 is 1.95 bits per heavy atom. The molecular weight excluding hydrogens is 541 g/mol. The van der Waals surface area contributed by atoms with Crippen LogP contribution >= 0.6 is 11.3 Å². The lowest BCUT2D eigenvalue weighted by molar-refractivity contribution is -0.141. The van der Waals surface area contributed by atoms with E-state index in [4.69, 9.17) is 4.52 Å². The quantitative estimate of drug-likeness (QED) is 0.334. The lowest BCUT2D eigenvalue weighted by atomic mass is 10.1. The normalized spacial score (nSPS) is 11.8. The van der Waals surface area contributed by atoms with Gasteiger partial charge in [0.1, 0.15) is 34.5 Å². The Bertz CT molecular complexity index is 1850. The zero-order chi connectivity index (χ0) is 28.1. The van der Waals surface area contributed by atoms with E-state index in [-0.39, 0.29) is 35.6 Å². The molecule has 0 aliphatic rings. The van der Waals surface area contributed by atoms with E-state index in [2.05, 4.69) is 25.4 Å². The van der Waals surface area contributed by atoms with Crippen molar-refractivity contribution in [2.45, 2.75) is 33.1 Å². The lowest BCUT2D eigenvalue weighted by Crippen LogP contribution is -2.40. The Morgan fingerprint density at radius 1 is 1.18 bits per heavy atom. The van der Waals surface area contributed by atoms with Gasteiger partial charge >= 0.3 is 11.9 Å². The Balaban J connectivity index is 1.37. The number of pyridine rings is 1. The molecule has 16 heteroatoms. The largest absolute Gasteiger partial charge is 0.433 e. The first-order valence-corrected chi connectivity index (χ1v) is 12.2. The topological polar surface area (TPSA) is 143 Å². The van der Waals surface area contributed by atoms with Crippen LogP contribution in [0.25, 0.3) is 21.7 Å². The van der Waals surface area contributed by atoms with Crippen molar-refractivity contribution in [1.29, 1.82) is 0 Å². The molecule has 1 amide bonds. The summed E-state index contributed by atoms with van der Waals surface area (Å²) in [6, 6.07) is 2.93. The smallest absolute Gasteiger partial charge is 0.361 e. The molecule has 5 aromatic heterocycles. The monoisotopic (exact) mass is 560 g/mol. The van der Waals surface area contributed by atoms with Crippen molar-refractivity contribution in [3.8, 4) is 10.6 Å². The molecular formula is C23H19F3N8O4S. The molecule has 5 aromatic rings. The third-order valence-corrected chi connectivity index (χ3v) is 6.67. The second kappa shape index (κ2) is 9.61. The highest BCUT2D eigenvalue weighted by atomic mass is 32.1. The van der Waals surface area contributed by atoms with Crippen molar-refractivity contribution in [2.24, 2.45) is 7.05 Å². The Labute approximate surface area is 220 Å². The van der Waals surface area contributed by atoms with E-state index in [9.17, 15) is 27.6 Å². The maximum atomic E-state index is 13.2. The van der Waals surface area contributed by atoms with Crippen molar-refractivity contribution in [3.63, 3.8) is 0 Å². The van der Waals surface area contributed by atoms with Gasteiger partial charge in [-0.05, 0) is 25.5 Å². The Hall–Kier alpha value is -4.60. The first-order valence-electron chi connectivity index (χ1n) is 11.3. The number of carbonyl (C=O) groups is 1. The lowest BCUT2D eigenvalue weighted by Gasteiger charge is -2.09. The highest BCUT2D eigenvalue weighted by Gasteiger charge is 2.34. The van der Waals surface area contributed by atoms with Gasteiger partial charge in [-0.25, -0.2) is 14.8 Å². The van der Waals surface area contributed by atoms with E-state index >= 15 is 0 Å². The molecule has 5 rings (SSSR count). The van der Waals surface area contributed by atoms with Crippen molar-refractivity contribution in [2.75, 3.05) is 5.32 Å². The molecule has 12 nitrogen and oxygen atoms in total. The zero-order valence-corrected chi connectivity index (χ0v) is 21.4. The zero-order valence-electron chi connectivity index (χ0n) is 20.6. The number of rotatable bonds is 6. The standard InChI is InChI=1S/C23H19F3N8O4S/c1-11-4-13(6-27-18(11)23(24,25)26)20-30-15(9-39-20)29-16(35)8-33-10-28-19-17(33)21(36)34(22(37)32(19)3)7-14-5-12(2)38-31-14/h4-6,9-10H,7-8H2,1-3H3,(H,29,35). The predicted octanol–water partition coefficient (Wildman–Crippen LogP) is 2.73. The fourth-order valence-corrected chi connectivity index (χ4v) is 4.76. The summed E-state index contributed by atoms with van der Waals surface area (Å²) in [5, 5.41) is 8.32. The van der Waals surface area contributed by atoms with Gasteiger partial charge in [-0.3, -0.25) is 23.7 Å². The van der Waals surface area contributed by atoms with Crippen LogP contribution in [0.2, 0.25) is 0 Å². The molecule has 0 radical (unpaired) electrons. The number of nitrogens with zero attached hydrogens (tertiary/aromatic N) is 7. The molecule has 0 aromatic carbocycles. The molecule has 0 atom stereocenters. The molecule has 0 fully saturated rings. The molecule has 0 aliphatic heterocycles. The van der Waals surface area contributed by atoms with Gasteiger partial charge in [0, 0.05) is 30.3 Å². The summed E-state index contributed by atoms with van der Waals surface area (Å²) in [4.78, 5) is 50.7. The summed E-state index contributed by atoms with van der Waals surface area (Å²) in [6.07, 6.45) is -2.21. The first-order chi connectivity index (χ1) is 18.4. The third kappa shape index (κ3) is 4.97. The van der Waals surface area contributed by atoms with Gasteiger partial charge in [-0.15, -0.1) is 11.3 Å². The van der Waals surface area contributed by atoms with E-state index in [1.807, 2.05) is 0 Å². The minimum atomic E-state index is -4.56. The van der Waals surface area contributed by atoms with Gasteiger partial charge in [-0.1, -0.05) is 5.16 Å². The number of anilines is 1. The van der Waals surface area contributed by atoms with Crippen molar-refractivity contribution in [3.05, 3.63) is 73.6 Å². The molecule has 202 valence electrons. The van der Waals surface area contributed by atoms with E-state index in [0.29, 0.717) is 22.0 Å². The van der Waals surface area contributed by atoms with Gasteiger partial charge in [0.25, 0.3) is 5.56 Å². The average Bonchev–Trinajstić information content (AvgIpc) is 3.60. The fraction of sp³-hybridized carbons (Fsp3) is 0.261. The molecule has 0 unspecified atom stereocenters. The van der Waals surface area contributed by atoms with Crippen LogP contribution in [0.15, 0.2) is 44.1 Å². The number of halogens is 3. The van der Waals surface area contributed by atoms with E-state index in [1.54, 1.807) is 13.0 Å². The van der Waals surface area contributed by atoms with Crippen LogP contribution in [-0.4, -0.2) is 39.7 Å². The van der Waals surface area contributed by atoms with Crippen molar-refractivity contribution >= 4 is 34.2 Å². The SMILES string of the molecule is Cc1cc(Cn2c(=O)c3c(ncn3CC(=O)Nc3csc(-c4cnc(C(F)(F)F)c(C)c4)n3)n(C)c2=O)no1. The summed E-state index contributed by atoms with van der Waals surface area (Å²) < 4.78 is 47.5. The first kappa shape index (κ1) is 26.0. The molecule has 5 heterocycles. The molecule has 0 saturated heterocycles. The number of carbonyl (C=O) groups excluding carboxylic acids is 1. The number of hydrogen-bond acceptors (Lipinski definition) is 9. The second-order valence-corrected chi connectivity index (χ2v) is 9.54. The molecule has 0 spiro atoms. The molecule has 39 heavy (non-hydrogen) atoms. The number of imidazole rings is 1. The molecule has 0 saturated carbocycles. The molecule has 0 aliphatic carbocycles. The van der Waals surface area contributed by atoms with E-state index in [1.165, 1.54) is 40.9 Å². The summed E-state index contributed by atoms with van der Waals surface area (Å²) >= 11 is 1.12. The van der Waals surface area contributed by atoms with Crippen molar-refractivity contribution < 1.29 is 22.5 Å². The number of thiazole rings is 1. The van der Waals surface area contributed by atoms with Gasteiger partial charge in [0.15, 0.2) is 11.2 Å². The van der Waals surface area contributed by atoms with Crippen LogP contribution < -0.4 is 16.6 Å². The van der Waals surface area contributed by atoms with Crippen LogP contribution in [0.3, 0.4) is 0 Å². The number of fused-ring (bicyclic) bond motifs is 1. The van der Waals surface area contributed by atoms with Crippen molar-refractivity contribution in [1.82, 2.24) is 33.8 Å². The van der Waals surface area contributed by atoms with Crippen LogP contribution in [0.1, 0.15) is 22.7 Å². The Kier molecular flexibility index (Phi) is 6.41. The maximum Gasteiger partial charge on any atom is 0.433 e. The minimum absolute atomic E-state index is 0.0396. The summed E-state index contributed by atoms with van der Waals surface area (Å²) in [5.41, 5.74) is -1.39. The van der Waals surface area contributed by atoms with Crippen LogP contribution in [0, 0.1) is 13.8 Å². The minimum Gasteiger partial charge on any atom is -0.361 e. The highest BCUT2D eigenvalue weighted by molar-refractivity contribution is 7.13. The third-order valence-electron chi connectivity index (χ3n) is 5.78. The van der Waals surface area contributed by atoms with Gasteiger partial charge in [-0.2, -0.15) is 13.2 Å². The van der Waals surface area contributed by atoms with Crippen LogP contribution in [-0.2, 0) is 31.1 Å².